The van der Waals surface area contributed by atoms with E-state index in [4.69, 9.17) is 4.74 Å². The predicted molar refractivity (Wildman–Crippen MR) is 97.1 cm³/mol. The Bertz CT molecular complexity index is 764. The minimum absolute atomic E-state index is 0.0277. The van der Waals surface area contributed by atoms with Gasteiger partial charge in [0, 0.05) is 12.8 Å². The number of Topliss-reactive ketones (excluding diaryl/α,β-unsaturated/α-hetero) is 1. The lowest BCUT2D eigenvalue weighted by Crippen LogP contribution is -2.21. The summed E-state index contributed by atoms with van der Waals surface area (Å²) in [5.41, 5.74) is 3.97. The maximum atomic E-state index is 12.4. The molecule has 0 aliphatic rings. The van der Waals surface area contributed by atoms with E-state index in [1.165, 1.54) is 0 Å². The molecule has 4 heteroatoms. The van der Waals surface area contributed by atoms with Crippen LogP contribution in [0.25, 0.3) is 0 Å². The smallest absolute Gasteiger partial charge is 0.307 e. The first-order chi connectivity index (χ1) is 11.9. The molecule has 0 fully saturated rings. The standard InChI is InChI=1S/C21H24O4/c1-14-7-8-15(2)17(9-14)12-19(22)13-18(21(23)24)10-16-5-4-6-20(11-16)25-3/h4-9,11,18H,10,12-13H2,1-3H3,(H,23,24). The number of hydrogen-bond donors (Lipinski definition) is 1. The zero-order valence-electron chi connectivity index (χ0n) is 14.9. The number of hydrogen-bond acceptors (Lipinski definition) is 3. The molecule has 0 aliphatic carbocycles. The number of ether oxygens (including phenoxy) is 1. The average Bonchev–Trinajstić information content (AvgIpc) is 2.57. The van der Waals surface area contributed by atoms with Gasteiger partial charge in [-0.05, 0) is 49.1 Å². The normalized spacial score (nSPS) is 11.8. The molecule has 0 aliphatic heterocycles. The van der Waals surface area contributed by atoms with E-state index in [1.807, 2.05) is 56.3 Å². The number of aryl methyl sites for hydroxylation is 2. The first kappa shape index (κ1) is 18.7. The summed E-state index contributed by atoms with van der Waals surface area (Å²) in [6.45, 7) is 3.95. The van der Waals surface area contributed by atoms with E-state index in [9.17, 15) is 14.7 Å². The molecule has 2 aromatic carbocycles. The minimum atomic E-state index is -0.947. The van der Waals surface area contributed by atoms with Gasteiger partial charge in [0.2, 0.25) is 0 Å². The molecule has 0 radical (unpaired) electrons. The zero-order valence-corrected chi connectivity index (χ0v) is 14.9. The third-order valence-electron chi connectivity index (χ3n) is 4.33. The maximum Gasteiger partial charge on any atom is 0.307 e. The van der Waals surface area contributed by atoms with Crippen molar-refractivity contribution in [3.05, 3.63) is 64.7 Å². The molecule has 0 amide bonds. The molecule has 2 aromatic rings. The van der Waals surface area contributed by atoms with Gasteiger partial charge >= 0.3 is 5.97 Å². The molecule has 0 heterocycles. The molecule has 0 spiro atoms. The van der Waals surface area contributed by atoms with Crippen LogP contribution in [0.5, 0.6) is 5.75 Å². The molecule has 0 aromatic heterocycles. The lowest BCUT2D eigenvalue weighted by atomic mass is 9.91. The maximum absolute atomic E-state index is 12.4. The van der Waals surface area contributed by atoms with Gasteiger partial charge in [-0.1, -0.05) is 35.9 Å². The van der Waals surface area contributed by atoms with Crippen molar-refractivity contribution >= 4 is 11.8 Å². The second kappa shape index (κ2) is 8.47. The van der Waals surface area contributed by atoms with Gasteiger partial charge in [0.05, 0.1) is 13.0 Å². The topological polar surface area (TPSA) is 63.6 Å². The summed E-state index contributed by atoms with van der Waals surface area (Å²) in [6, 6.07) is 13.3. The SMILES string of the molecule is COc1cccc(CC(CC(=O)Cc2cc(C)ccc2C)C(=O)O)c1. The molecule has 0 saturated carbocycles. The zero-order chi connectivity index (χ0) is 18.4. The van der Waals surface area contributed by atoms with Crippen LogP contribution in [0.1, 0.15) is 28.7 Å². The van der Waals surface area contributed by atoms with Gasteiger partial charge in [0.25, 0.3) is 0 Å². The molecular weight excluding hydrogens is 316 g/mol. The largest absolute Gasteiger partial charge is 0.497 e. The molecule has 0 saturated heterocycles. The molecular formula is C21H24O4. The molecule has 4 nitrogen and oxygen atoms in total. The van der Waals surface area contributed by atoms with Gasteiger partial charge in [-0.25, -0.2) is 0 Å². The number of ketones is 1. The van der Waals surface area contributed by atoms with E-state index in [0.717, 1.165) is 22.3 Å². The van der Waals surface area contributed by atoms with E-state index in [2.05, 4.69) is 0 Å². The van der Waals surface area contributed by atoms with E-state index in [1.54, 1.807) is 7.11 Å². The first-order valence-corrected chi connectivity index (χ1v) is 8.32. The van der Waals surface area contributed by atoms with Crippen LogP contribution in [0.2, 0.25) is 0 Å². The van der Waals surface area contributed by atoms with Crippen LogP contribution < -0.4 is 4.74 Å². The second-order valence-electron chi connectivity index (χ2n) is 6.44. The third kappa shape index (κ3) is 5.45. The van der Waals surface area contributed by atoms with Crippen molar-refractivity contribution in [3.8, 4) is 5.75 Å². The number of rotatable bonds is 8. The fourth-order valence-electron chi connectivity index (χ4n) is 2.88. The summed E-state index contributed by atoms with van der Waals surface area (Å²) >= 11 is 0. The van der Waals surface area contributed by atoms with Crippen molar-refractivity contribution in [2.75, 3.05) is 7.11 Å². The van der Waals surface area contributed by atoms with Crippen LogP contribution in [0, 0.1) is 19.8 Å². The minimum Gasteiger partial charge on any atom is -0.497 e. The van der Waals surface area contributed by atoms with Crippen molar-refractivity contribution in [2.24, 2.45) is 5.92 Å². The fourth-order valence-corrected chi connectivity index (χ4v) is 2.88. The van der Waals surface area contributed by atoms with Crippen molar-refractivity contribution in [3.63, 3.8) is 0 Å². The van der Waals surface area contributed by atoms with Gasteiger partial charge in [0.15, 0.2) is 0 Å². The second-order valence-corrected chi connectivity index (χ2v) is 6.44. The molecule has 0 bridgehead atoms. The van der Waals surface area contributed by atoms with Gasteiger partial charge in [-0.15, -0.1) is 0 Å². The Labute approximate surface area is 148 Å². The first-order valence-electron chi connectivity index (χ1n) is 8.32. The lowest BCUT2D eigenvalue weighted by molar-refractivity contribution is -0.143. The van der Waals surface area contributed by atoms with E-state index in [0.29, 0.717) is 12.2 Å². The number of aliphatic carboxylic acids is 1. The Kier molecular flexibility index (Phi) is 6.34. The Hall–Kier alpha value is -2.62. The third-order valence-corrected chi connectivity index (χ3v) is 4.33. The quantitative estimate of drug-likeness (QED) is 0.795. The van der Waals surface area contributed by atoms with Crippen molar-refractivity contribution < 1.29 is 19.4 Å². The van der Waals surface area contributed by atoms with E-state index < -0.39 is 11.9 Å². The van der Waals surface area contributed by atoms with Crippen LogP contribution >= 0.6 is 0 Å². The Morgan fingerprint density at radius 3 is 2.56 bits per heavy atom. The Morgan fingerprint density at radius 2 is 1.88 bits per heavy atom. The van der Waals surface area contributed by atoms with Crippen molar-refractivity contribution in [1.82, 2.24) is 0 Å². The number of carboxylic acids is 1. The molecule has 1 atom stereocenters. The number of carbonyl (C=O) groups excluding carboxylic acids is 1. The summed E-state index contributed by atoms with van der Waals surface area (Å²) in [5, 5.41) is 9.49. The Morgan fingerprint density at radius 1 is 1.12 bits per heavy atom. The average molecular weight is 340 g/mol. The van der Waals surface area contributed by atoms with Crippen molar-refractivity contribution in [1.29, 1.82) is 0 Å². The van der Waals surface area contributed by atoms with Crippen LogP contribution in [-0.4, -0.2) is 24.0 Å². The highest BCUT2D eigenvalue weighted by molar-refractivity contribution is 5.85. The van der Waals surface area contributed by atoms with Crippen LogP contribution in [0.15, 0.2) is 42.5 Å². The molecule has 132 valence electrons. The number of carbonyl (C=O) groups is 2. The van der Waals surface area contributed by atoms with E-state index >= 15 is 0 Å². The highest BCUT2D eigenvalue weighted by atomic mass is 16.5. The van der Waals surface area contributed by atoms with Crippen LogP contribution in [0.4, 0.5) is 0 Å². The molecule has 2 rings (SSSR count). The lowest BCUT2D eigenvalue weighted by Gasteiger charge is -2.13. The molecule has 1 N–H and O–H groups in total. The molecule has 1 unspecified atom stereocenters. The number of benzene rings is 2. The fraction of sp³-hybridized carbons (Fsp3) is 0.333. The summed E-state index contributed by atoms with van der Waals surface area (Å²) < 4.78 is 5.17. The highest BCUT2D eigenvalue weighted by Crippen LogP contribution is 2.20. The number of methoxy groups -OCH3 is 1. The summed E-state index contributed by atoms with van der Waals surface area (Å²) in [4.78, 5) is 24.0. The summed E-state index contributed by atoms with van der Waals surface area (Å²) in [7, 11) is 1.57. The number of carboxylic acid groups (broad SMARTS) is 1. The van der Waals surface area contributed by atoms with Gasteiger partial charge in [0.1, 0.15) is 11.5 Å². The molecule has 25 heavy (non-hydrogen) atoms. The Balaban J connectivity index is 2.06. The van der Waals surface area contributed by atoms with E-state index in [-0.39, 0.29) is 18.6 Å². The highest BCUT2D eigenvalue weighted by Gasteiger charge is 2.22. The van der Waals surface area contributed by atoms with Crippen molar-refractivity contribution in [2.45, 2.75) is 33.1 Å². The predicted octanol–water partition coefficient (Wildman–Crippen LogP) is 3.76. The van der Waals surface area contributed by atoms with Crippen LogP contribution in [0.3, 0.4) is 0 Å². The van der Waals surface area contributed by atoms with Crippen LogP contribution in [-0.2, 0) is 22.4 Å². The monoisotopic (exact) mass is 340 g/mol. The summed E-state index contributed by atoms with van der Waals surface area (Å²) in [6.07, 6.45) is 0.612. The van der Waals surface area contributed by atoms with Gasteiger partial charge in [-0.2, -0.15) is 0 Å². The van der Waals surface area contributed by atoms with Gasteiger partial charge < -0.3 is 9.84 Å². The van der Waals surface area contributed by atoms with Gasteiger partial charge in [-0.3, -0.25) is 9.59 Å². The summed E-state index contributed by atoms with van der Waals surface area (Å²) in [5.74, 6) is -1.05.